The standard InChI is InChI=1S/C23H25N5O2S2/c1-15(2)13-27-21(12-11-20(24)29)25-26-23(27)31-14-22(30)28-16-7-3-5-9-18(16)32-19-10-6-4-8-17(19)28/h3-10,15H,11-14H2,1-2H3,(H2,24,29). The van der Waals surface area contributed by atoms with Crippen LogP contribution in [0.5, 0.6) is 0 Å². The van der Waals surface area contributed by atoms with Gasteiger partial charge in [-0.25, -0.2) is 0 Å². The predicted molar refractivity (Wildman–Crippen MR) is 127 cm³/mol. The van der Waals surface area contributed by atoms with Gasteiger partial charge in [-0.3, -0.25) is 14.5 Å². The van der Waals surface area contributed by atoms with E-state index in [-0.39, 0.29) is 24.0 Å². The van der Waals surface area contributed by atoms with Gasteiger partial charge in [0.1, 0.15) is 5.82 Å². The number of nitrogens with zero attached hydrogens (tertiary/aromatic N) is 4. The van der Waals surface area contributed by atoms with E-state index < -0.39 is 0 Å². The van der Waals surface area contributed by atoms with Crippen molar-refractivity contribution in [2.24, 2.45) is 11.7 Å². The first kappa shape index (κ1) is 22.4. The molecule has 2 aromatic carbocycles. The highest BCUT2D eigenvalue weighted by molar-refractivity contribution is 8.00. The summed E-state index contributed by atoms with van der Waals surface area (Å²) >= 11 is 3.04. The molecule has 0 fully saturated rings. The topological polar surface area (TPSA) is 94.1 Å². The lowest BCUT2D eigenvalue weighted by Gasteiger charge is -2.30. The van der Waals surface area contributed by atoms with Crippen molar-refractivity contribution < 1.29 is 9.59 Å². The predicted octanol–water partition coefficient (Wildman–Crippen LogP) is 4.27. The fourth-order valence-corrected chi connectivity index (χ4v) is 5.43. The summed E-state index contributed by atoms with van der Waals surface area (Å²) < 4.78 is 2.00. The number of hydrogen-bond acceptors (Lipinski definition) is 6. The Morgan fingerprint density at radius 2 is 1.66 bits per heavy atom. The molecule has 0 aliphatic carbocycles. The molecule has 0 saturated heterocycles. The number of rotatable bonds is 8. The highest BCUT2D eigenvalue weighted by atomic mass is 32.2. The fraction of sp³-hybridized carbons (Fsp3) is 0.304. The van der Waals surface area contributed by atoms with Crippen molar-refractivity contribution in [2.45, 2.75) is 48.2 Å². The Morgan fingerprint density at radius 3 is 2.25 bits per heavy atom. The zero-order valence-electron chi connectivity index (χ0n) is 18.0. The van der Waals surface area contributed by atoms with Crippen LogP contribution in [0.15, 0.2) is 63.5 Å². The lowest BCUT2D eigenvalue weighted by molar-refractivity contribution is -0.118. The number of benzene rings is 2. The number of para-hydroxylation sites is 2. The van der Waals surface area contributed by atoms with Crippen LogP contribution in [0, 0.1) is 5.92 Å². The number of fused-ring (bicyclic) bond motifs is 2. The van der Waals surface area contributed by atoms with Crippen LogP contribution < -0.4 is 10.6 Å². The highest BCUT2D eigenvalue weighted by Gasteiger charge is 2.28. The minimum absolute atomic E-state index is 0.0204. The largest absolute Gasteiger partial charge is 0.370 e. The number of aryl methyl sites for hydroxylation is 1. The first-order chi connectivity index (χ1) is 15.4. The molecule has 0 saturated carbocycles. The molecule has 2 N–H and O–H groups in total. The normalized spacial score (nSPS) is 12.5. The minimum atomic E-state index is -0.367. The lowest BCUT2D eigenvalue weighted by atomic mass is 10.2. The van der Waals surface area contributed by atoms with E-state index >= 15 is 0 Å². The molecule has 0 unspecified atom stereocenters. The summed E-state index contributed by atoms with van der Waals surface area (Å²) in [5.74, 6) is 0.921. The summed E-state index contributed by atoms with van der Waals surface area (Å²) in [5, 5.41) is 9.24. The third-order valence-electron chi connectivity index (χ3n) is 4.94. The first-order valence-corrected chi connectivity index (χ1v) is 12.3. The van der Waals surface area contributed by atoms with Gasteiger partial charge in [-0.1, -0.05) is 61.6 Å². The Bertz CT molecular complexity index is 1100. The molecule has 9 heteroatoms. The van der Waals surface area contributed by atoms with Crippen molar-refractivity contribution >= 4 is 46.7 Å². The second-order valence-electron chi connectivity index (χ2n) is 7.92. The van der Waals surface area contributed by atoms with Crippen LogP contribution in [-0.2, 0) is 22.6 Å². The molecule has 0 atom stereocenters. The molecule has 1 aliphatic rings. The lowest BCUT2D eigenvalue weighted by Crippen LogP contribution is -2.30. The van der Waals surface area contributed by atoms with Gasteiger partial charge in [0.25, 0.3) is 0 Å². The second-order valence-corrected chi connectivity index (χ2v) is 9.95. The average Bonchev–Trinajstić information content (AvgIpc) is 3.15. The van der Waals surface area contributed by atoms with E-state index in [0.29, 0.717) is 24.0 Å². The molecule has 4 rings (SSSR count). The van der Waals surface area contributed by atoms with Crippen LogP contribution in [0.2, 0.25) is 0 Å². The Hall–Kier alpha value is -2.78. The van der Waals surface area contributed by atoms with Crippen molar-refractivity contribution in [3.8, 4) is 0 Å². The van der Waals surface area contributed by atoms with Crippen LogP contribution in [0.3, 0.4) is 0 Å². The van der Waals surface area contributed by atoms with E-state index in [9.17, 15) is 9.59 Å². The van der Waals surface area contributed by atoms with Crippen LogP contribution in [0.25, 0.3) is 0 Å². The van der Waals surface area contributed by atoms with Gasteiger partial charge in [0.05, 0.1) is 17.1 Å². The molecule has 0 spiro atoms. The third kappa shape index (κ3) is 4.83. The molecule has 7 nitrogen and oxygen atoms in total. The number of aromatic nitrogens is 3. The summed E-state index contributed by atoms with van der Waals surface area (Å²) in [6.07, 6.45) is 0.659. The number of carbonyl (C=O) groups is 2. The number of carbonyl (C=O) groups excluding carboxylic acids is 2. The van der Waals surface area contributed by atoms with Crippen molar-refractivity contribution in [1.29, 1.82) is 0 Å². The Labute approximate surface area is 195 Å². The van der Waals surface area contributed by atoms with Crippen molar-refractivity contribution in [2.75, 3.05) is 10.7 Å². The van der Waals surface area contributed by atoms with Gasteiger partial charge in [0, 0.05) is 29.2 Å². The molecular weight excluding hydrogens is 442 g/mol. The summed E-state index contributed by atoms with van der Waals surface area (Å²) in [6, 6.07) is 15.9. The number of nitrogens with two attached hydrogens (primary N) is 1. The monoisotopic (exact) mass is 467 g/mol. The van der Waals surface area contributed by atoms with E-state index in [1.165, 1.54) is 11.8 Å². The molecule has 0 bridgehead atoms. The molecule has 2 heterocycles. The van der Waals surface area contributed by atoms with Crippen LogP contribution >= 0.6 is 23.5 Å². The van der Waals surface area contributed by atoms with E-state index in [1.807, 2.05) is 53.1 Å². The molecule has 1 aromatic heterocycles. The third-order valence-corrected chi connectivity index (χ3v) is 7.02. The number of thioether (sulfide) groups is 1. The van der Waals surface area contributed by atoms with Gasteiger partial charge in [-0.2, -0.15) is 0 Å². The first-order valence-electron chi connectivity index (χ1n) is 10.5. The van der Waals surface area contributed by atoms with Gasteiger partial charge < -0.3 is 10.3 Å². The minimum Gasteiger partial charge on any atom is -0.370 e. The molecular formula is C23H25N5O2S2. The molecule has 166 valence electrons. The number of anilines is 2. The number of amides is 2. The summed E-state index contributed by atoms with van der Waals surface area (Å²) in [4.78, 5) is 28.6. The molecule has 2 amide bonds. The Balaban J connectivity index is 1.56. The maximum absolute atomic E-state index is 13.4. The summed E-state index contributed by atoms with van der Waals surface area (Å²) in [7, 11) is 0. The number of hydrogen-bond donors (Lipinski definition) is 1. The SMILES string of the molecule is CC(C)Cn1c(CCC(N)=O)nnc1SCC(=O)N1c2ccccc2Sc2ccccc21. The van der Waals surface area contributed by atoms with E-state index in [0.717, 1.165) is 27.0 Å². The van der Waals surface area contributed by atoms with Gasteiger partial charge in [0.15, 0.2) is 5.16 Å². The second kappa shape index (κ2) is 9.79. The van der Waals surface area contributed by atoms with Gasteiger partial charge in [0.2, 0.25) is 11.8 Å². The maximum atomic E-state index is 13.4. The zero-order valence-corrected chi connectivity index (χ0v) is 19.7. The Kier molecular flexibility index (Phi) is 6.86. The number of primary amides is 1. The molecule has 32 heavy (non-hydrogen) atoms. The van der Waals surface area contributed by atoms with E-state index in [1.54, 1.807) is 16.7 Å². The van der Waals surface area contributed by atoms with Gasteiger partial charge in [-0.05, 0) is 30.2 Å². The Morgan fingerprint density at radius 1 is 1.03 bits per heavy atom. The van der Waals surface area contributed by atoms with Gasteiger partial charge >= 0.3 is 0 Å². The van der Waals surface area contributed by atoms with Crippen LogP contribution in [0.4, 0.5) is 11.4 Å². The molecule has 3 aromatic rings. The molecule has 0 radical (unpaired) electrons. The molecule has 1 aliphatic heterocycles. The van der Waals surface area contributed by atoms with Crippen LogP contribution in [-0.4, -0.2) is 32.3 Å². The summed E-state index contributed by atoms with van der Waals surface area (Å²) in [5.41, 5.74) is 7.10. The smallest absolute Gasteiger partial charge is 0.242 e. The fourth-order valence-electron chi connectivity index (χ4n) is 3.56. The van der Waals surface area contributed by atoms with E-state index in [2.05, 4.69) is 24.0 Å². The van der Waals surface area contributed by atoms with Crippen molar-refractivity contribution in [3.63, 3.8) is 0 Å². The quantitative estimate of drug-likeness (QED) is 0.497. The van der Waals surface area contributed by atoms with E-state index in [4.69, 9.17) is 5.73 Å². The maximum Gasteiger partial charge on any atom is 0.242 e. The van der Waals surface area contributed by atoms with Crippen LogP contribution in [0.1, 0.15) is 26.1 Å². The average molecular weight is 468 g/mol. The van der Waals surface area contributed by atoms with Gasteiger partial charge in [-0.15, -0.1) is 10.2 Å². The zero-order chi connectivity index (χ0) is 22.7. The van der Waals surface area contributed by atoms with Crippen molar-refractivity contribution in [1.82, 2.24) is 14.8 Å². The summed E-state index contributed by atoms with van der Waals surface area (Å²) in [6.45, 7) is 4.93. The van der Waals surface area contributed by atoms with Crippen molar-refractivity contribution in [3.05, 3.63) is 54.4 Å². The highest BCUT2D eigenvalue weighted by Crippen LogP contribution is 2.48.